The Morgan fingerprint density at radius 2 is 1.78 bits per heavy atom. The number of rotatable bonds is 6. The van der Waals surface area contributed by atoms with Gasteiger partial charge in [-0.05, 0) is 35.2 Å². The van der Waals surface area contributed by atoms with Crippen molar-refractivity contribution in [2.45, 2.75) is 18.8 Å². The number of amides is 1. The molecule has 1 N–H and O–H groups in total. The summed E-state index contributed by atoms with van der Waals surface area (Å²) in [5.41, 5.74) is -1.07. The van der Waals surface area contributed by atoms with Crippen LogP contribution >= 0.6 is 34.5 Å². The molecule has 2 aromatic carbocycles. The van der Waals surface area contributed by atoms with E-state index in [0.29, 0.717) is 4.88 Å². The van der Waals surface area contributed by atoms with Gasteiger partial charge in [-0.15, -0.1) is 11.3 Å². The summed E-state index contributed by atoms with van der Waals surface area (Å²) in [6, 6.07) is 8.01. The van der Waals surface area contributed by atoms with Crippen LogP contribution in [0.15, 0.2) is 53.4 Å². The first-order valence-electron chi connectivity index (χ1n) is 10.6. The number of alkyl halides is 3. The van der Waals surface area contributed by atoms with Gasteiger partial charge in [-0.3, -0.25) is 9.59 Å². The van der Waals surface area contributed by atoms with Gasteiger partial charge >= 0.3 is 6.18 Å². The number of carbonyl (C=O) groups is 2. The number of hydrogen-bond donors (Lipinski definition) is 1. The van der Waals surface area contributed by atoms with E-state index in [-0.39, 0.29) is 44.8 Å². The van der Waals surface area contributed by atoms with Crippen LogP contribution in [0, 0.1) is 0 Å². The van der Waals surface area contributed by atoms with E-state index in [1.54, 1.807) is 17.5 Å². The summed E-state index contributed by atoms with van der Waals surface area (Å²) >= 11 is 13.8. The number of aliphatic hydroxyl groups is 1. The summed E-state index contributed by atoms with van der Waals surface area (Å²) in [6.07, 6.45) is -4.58. The largest absolute Gasteiger partial charge is 0.507 e. The Bertz CT molecular complexity index is 1410. The van der Waals surface area contributed by atoms with Crippen molar-refractivity contribution in [3.05, 3.63) is 85.0 Å². The van der Waals surface area contributed by atoms with E-state index in [4.69, 9.17) is 32.7 Å². The van der Waals surface area contributed by atoms with E-state index in [9.17, 15) is 27.9 Å². The van der Waals surface area contributed by atoms with Gasteiger partial charge in [0.25, 0.3) is 11.7 Å². The molecule has 1 atom stereocenters. The number of likely N-dealkylation sites (tertiary alicyclic amines) is 1. The maximum absolute atomic E-state index is 13.3. The molecule has 1 fully saturated rings. The van der Waals surface area contributed by atoms with E-state index in [1.165, 1.54) is 43.8 Å². The molecule has 12 heteroatoms. The molecule has 4 rings (SSSR count). The minimum absolute atomic E-state index is 0.0146. The minimum atomic E-state index is -4.58. The highest BCUT2D eigenvalue weighted by atomic mass is 35.5. The van der Waals surface area contributed by atoms with Crippen LogP contribution in [0.2, 0.25) is 10.0 Å². The zero-order valence-corrected chi connectivity index (χ0v) is 21.6. The van der Waals surface area contributed by atoms with Gasteiger partial charge < -0.3 is 19.5 Å². The molecule has 1 aromatic heterocycles. The fourth-order valence-corrected chi connectivity index (χ4v) is 5.65. The van der Waals surface area contributed by atoms with E-state index in [0.717, 1.165) is 17.0 Å². The number of thiophene rings is 1. The lowest BCUT2D eigenvalue weighted by Crippen LogP contribution is -2.29. The highest BCUT2D eigenvalue weighted by molar-refractivity contribution is 7.10. The van der Waals surface area contributed by atoms with Gasteiger partial charge in [0.05, 0.1) is 42.0 Å². The molecule has 1 aliphatic rings. The molecule has 0 bridgehead atoms. The third kappa shape index (κ3) is 4.88. The summed E-state index contributed by atoms with van der Waals surface area (Å²) in [6.45, 7) is -0.310. The van der Waals surface area contributed by atoms with Gasteiger partial charge in [-0.1, -0.05) is 41.4 Å². The van der Waals surface area contributed by atoms with Gasteiger partial charge in [0.2, 0.25) is 0 Å². The predicted octanol–water partition coefficient (Wildman–Crippen LogP) is 6.71. The summed E-state index contributed by atoms with van der Waals surface area (Å²) in [4.78, 5) is 28.0. The molecule has 37 heavy (non-hydrogen) atoms. The number of ether oxygens (including phenoxy) is 2. The van der Waals surface area contributed by atoms with Gasteiger partial charge in [0, 0.05) is 11.4 Å². The fourth-order valence-electron chi connectivity index (χ4n) is 4.12. The Morgan fingerprint density at radius 3 is 2.38 bits per heavy atom. The summed E-state index contributed by atoms with van der Waals surface area (Å²) in [5, 5.41) is 13.0. The van der Waals surface area contributed by atoms with E-state index < -0.39 is 35.2 Å². The fraction of sp³-hybridized carbons (Fsp3) is 0.200. The number of carbonyl (C=O) groups excluding carboxylic acids is 2. The van der Waals surface area contributed by atoms with E-state index >= 15 is 0 Å². The van der Waals surface area contributed by atoms with Gasteiger partial charge in [0.1, 0.15) is 10.8 Å². The number of Topliss-reactive ketones (excluding diaryl/α,β-unsaturated/α-hetero) is 1. The van der Waals surface area contributed by atoms with Crippen LogP contribution in [0.4, 0.5) is 13.2 Å². The normalized spacial score (nSPS) is 17.4. The first-order valence-corrected chi connectivity index (χ1v) is 12.2. The van der Waals surface area contributed by atoms with Crippen molar-refractivity contribution < 1.29 is 37.3 Å². The number of nitrogens with zero attached hydrogens (tertiary/aromatic N) is 1. The zero-order chi connectivity index (χ0) is 27.1. The summed E-state index contributed by atoms with van der Waals surface area (Å²) in [7, 11) is 2.62. The Labute approximate surface area is 223 Å². The molecular formula is C25H18Cl2F3NO5S. The molecule has 3 aromatic rings. The molecule has 0 radical (unpaired) electrons. The van der Waals surface area contributed by atoms with Crippen LogP contribution < -0.4 is 9.47 Å². The van der Waals surface area contributed by atoms with Gasteiger partial charge in [-0.25, -0.2) is 0 Å². The average Bonchev–Trinajstić information content (AvgIpc) is 3.46. The Morgan fingerprint density at radius 1 is 1.08 bits per heavy atom. The monoisotopic (exact) mass is 571 g/mol. The third-order valence-electron chi connectivity index (χ3n) is 5.75. The standard InChI is InChI=1S/C25H18Cl2F3NO5S/c1-35-22-14(10-15(26)23(36-2)18(22)27)20(32)17-19(16-7-4-8-37-16)31(24(34)21(17)33)11-12-5-3-6-13(9-12)25(28,29)30/h3-10,19,32H,11H2,1-2H3/b20-17-. The predicted molar refractivity (Wildman–Crippen MR) is 133 cm³/mol. The molecule has 1 amide bonds. The van der Waals surface area contributed by atoms with Crippen molar-refractivity contribution in [1.82, 2.24) is 4.90 Å². The first-order chi connectivity index (χ1) is 17.5. The molecule has 0 aliphatic carbocycles. The third-order valence-corrected chi connectivity index (χ3v) is 7.30. The average molecular weight is 572 g/mol. The summed E-state index contributed by atoms with van der Waals surface area (Å²) in [5.74, 6) is -2.58. The smallest absolute Gasteiger partial charge is 0.416 e. The van der Waals surface area contributed by atoms with Crippen molar-refractivity contribution in [3.63, 3.8) is 0 Å². The minimum Gasteiger partial charge on any atom is -0.507 e. The van der Waals surface area contributed by atoms with Crippen LogP contribution in [0.1, 0.15) is 27.6 Å². The van der Waals surface area contributed by atoms with Crippen LogP contribution in [-0.4, -0.2) is 35.9 Å². The zero-order valence-electron chi connectivity index (χ0n) is 19.2. The Hall–Kier alpha value is -3.21. The van der Waals surface area contributed by atoms with E-state index in [1.807, 2.05) is 0 Å². The lowest BCUT2D eigenvalue weighted by atomic mass is 9.99. The van der Waals surface area contributed by atoms with E-state index in [2.05, 4.69) is 0 Å². The SMILES string of the molecule is COc1c(Cl)cc(/C(O)=C2/C(=O)C(=O)N(Cc3cccc(C(F)(F)F)c3)C2c2cccs2)c(OC)c1Cl. The molecule has 0 saturated carbocycles. The van der Waals surface area contributed by atoms with Crippen molar-refractivity contribution >= 4 is 52.0 Å². The molecule has 1 saturated heterocycles. The quantitative estimate of drug-likeness (QED) is 0.202. The van der Waals surface area contributed by atoms with Gasteiger partial charge in [0.15, 0.2) is 11.5 Å². The molecule has 194 valence electrons. The number of benzene rings is 2. The molecule has 6 nitrogen and oxygen atoms in total. The molecule has 0 spiro atoms. The lowest BCUT2D eigenvalue weighted by Gasteiger charge is -2.25. The van der Waals surface area contributed by atoms with Crippen LogP contribution in [0.5, 0.6) is 11.5 Å². The molecule has 1 unspecified atom stereocenters. The second-order valence-corrected chi connectivity index (χ2v) is 9.69. The van der Waals surface area contributed by atoms with Crippen molar-refractivity contribution in [2.75, 3.05) is 14.2 Å². The summed E-state index contributed by atoms with van der Waals surface area (Å²) < 4.78 is 50.2. The highest BCUT2D eigenvalue weighted by Crippen LogP contribution is 2.48. The Kier molecular flexibility index (Phi) is 7.45. The number of ketones is 1. The highest BCUT2D eigenvalue weighted by Gasteiger charge is 2.47. The molecule has 1 aliphatic heterocycles. The maximum atomic E-state index is 13.3. The molecular weight excluding hydrogens is 554 g/mol. The molecule has 2 heterocycles. The second kappa shape index (κ2) is 10.3. The topological polar surface area (TPSA) is 76.1 Å². The van der Waals surface area contributed by atoms with Gasteiger partial charge in [-0.2, -0.15) is 13.2 Å². The van der Waals surface area contributed by atoms with Crippen molar-refractivity contribution in [2.24, 2.45) is 0 Å². The van der Waals surface area contributed by atoms with Crippen LogP contribution in [0.3, 0.4) is 0 Å². The first kappa shape index (κ1) is 26.8. The maximum Gasteiger partial charge on any atom is 0.416 e. The van der Waals surface area contributed by atoms with Crippen LogP contribution in [0.25, 0.3) is 5.76 Å². The van der Waals surface area contributed by atoms with Crippen molar-refractivity contribution in [1.29, 1.82) is 0 Å². The lowest BCUT2D eigenvalue weighted by molar-refractivity contribution is -0.140. The Balaban J connectivity index is 1.88. The van der Waals surface area contributed by atoms with Crippen molar-refractivity contribution in [3.8, 4) is 11.5 Å². The number of halogens is 5. The number of hydrogen-bond acceptors (Lipinski definition) is 6. The second-order valence-electron chi connectivity index (χ2n) is 7.93. The number of methoxy groups -OCH3 is 2. The number of aliphatic hydroxyl groups excluding tert-OH is 1. The van der Waals surface area contributed by atoms with Crippen LogP contribution in [-0.2, 0) is 22.3 Å².